The van der Waals surface area contributed by atoms with Crippen LogP contribution in [0.1, 0.15) is 12.6 Å². The number of aromatic nitrogens is 2. The fourth-order valence-electron chi connectivity index (χ4n) is 0.979. The van der Waals surface area contributed by atoms with Gasteiger partial charge in [-0.05, 0) is 6.92 Å². The number of thiocarbonyl (C=S) groups is 1. The third-order valence-electron chi connectivity index (χ3n) is 2.18. The van der Waals surface area contributed by atoms with Crippen molar-refractivity contribution >= 4 is 23.0 Å². The maximum Gasteiger partial charge on any atom is 0.147 e. The second kappa shape index (κ2) is 4.99. The summed E-state index contributed by atoms with van der Waals surface area (Å²) < 4.78 is 0. The molecule has 0 saturated carbocycles. The average Bonchev–Trinajstić information content (AvgIpc) is 2.27. The molecule has 0 amide bonds. The van der Waals surface area contributed by atoms with E-state index in [1.807, 2.05) is 18.9 Å². The number of aliphatic hydroxyl groups is 1. The average molecular weight is 226 g/mol. The molecule has 0 aliphatic carbocycles. The number of hydrogen-bond acceptors (Lipinski definition) is 5. The van der Waals surface area contributed by atoms with Gasteiger partial charge in [0.15, 0.2) is 0 Å². The smallest absolute Gasteiger partial charge is 0.147 e. The van der Waals surface area contributed by atoms with Crippen LogP contribution in [0.5, 0.6) is 0 Å². The van der Waals surface area contributed by atoms with Gasteiger partial charge in [-0.2, -0.15) is 0 Å². The Hall–Kier alpha value is -1.27. The number of hydrogen-bond donors (Lipinski definition) is 2. The van der Waals surface area contributed by atoms with E-state index in [4.69, 9.17) is 23.1 Å². The predicted octanol–water partition coefficient (Wildman–Crippen LogP) is -0.0722. The number of nitrogens with two attached hydrogens (primary N) is 1. The lowest BCUT2D eigenvalue weighted by atomic mass is 10.3. The summed E-state index contributed by atoms with van der Waals surface area (Å²) in [5.41, 5.74) is 5.90. The van der Waals surface area contributed by atoms with Crippen LogP contribution in [0.4, 0.5) is 5.82 Å². The van der Waals surface area contributed by atoms with Gasteiger partial charge in [0.05, 0.1) is 25.0 Å². The molecule has 82 valence electrons. The zero-order chi connectivity index (χ0) is 11.4. The van der Waals surface area contributed by atoms with Crippen LogP contribution in [0.3, 0.4) is 0 Å². The summed E-state index contributed by atoms with van der Waals surface area (Å²) in [5.74, 6) is 0.677. The first-order valence-electron chi connectivity index (χ1n) is 4.51. The highest BCUT2D eigenvalue weighted by atomic mass is 32.1. The summed E-state index contributed by atoms with van der Waals surface area (Å²) in [4.78, 5) is 10.3. The molecule has 1 heterocycles. The molecule has 0 aromatic carbocycles. The van der Waals surface area contributed by atoms with Crippen LogP contribution >= 0.6 is 12.2 Å². The van der Waals surface area contributed by atoms with Crippen LogP contribution in [0.2, 0.25) is 0 Å². The lowest BCUT2D eigenvalue weighted by Gasteiger charge is -2.23. The third kappa shape index (κ3) is 2.84. The topological polar surface area (TPSA) is 75.3 Å². The highest BCUT2D eigenvalue weighted by Gasteiger charge is 2.10. The Balaban J connectivity index is 2.84. The molecular formula is C9H14N4OS. The quantitative estimate of drug-likeness (QED) is 0.700. The van der Waals surface area contributed by atoms with Crippen LogP contribution < -0.4 is 10.6 Å². The van der Waals surface area contributed by atoms with Gasteiger partial charge in [0.2, 0.25) is 0 Å². The Kier molecular flexibility index (Phi) is 3.93. The van der Waals surface area contributed by atoms with Crippen molar-refractivity contribution < 1.29 is 5.11 Å². The minimum atomic E-state index is -0.00465. The van der Waals surface area contributed by atoms with Crippen molar-refractivity contribution in [1.29, 1.82) is 0 Å². The Morgan fingerprint density at radius 2 is 2.27 bits per heavy atom. The van der Waals surface area contributed by atoms with Crippen molar-refractivity contribution in [2.75, 3.05) is 18.6 Å². The first-order valence-corrected chi connectivity index (χ1v) is 4.92. The molecule has 0 spiro atoms. The van der Waals surface area contributed by atoms with Crippen molar-refractivity contribution in [2.45, 2.75) is 13.0 Å². The molecule has 0 bridgehead atoms. The molecule has 1 aromatic heterocycles. The molecule has 1 unspecified atom stereocenters. The maximum atomic E-state index is 8.98. The molecule has 6 heteroatoms. The molecule has 3 N–H and O–H groups in total. The lowest BCUT2D eigenvalue weighted by Crippen LogP contribution is -2.32. The van der Waals surface area contributed by atoms with Crippen molar-refractivity contribution in [1.82, 2.24) is 9.97 Å². The first kappa shape index (κ1) is 11.8. The fourth-order valence-corrected chi connectivity index (χ4v) is 1.08. The van der Waals surface area contributed by atoms with Gasteiger partial charge in [-0.1, -0.05) is 12.2 Å². The Labute approximate surface area is 93.9 Å². The van der Waals surface area contributed by atoms with Gasteiger partial charge >= 0.3 is 0 Å². The number of likely N-dealkylation sites (N-methyl/N-ethyl adjacent to an activating group) is 1. The van der Waals surface area contributed by atoms with Crippen molar-refractivity contribution in [3.63, 3.8) is 0 Å². The fraction of sp³-hybridized carbons (Fsp3) is 0.444. The van der Waals surface area contributed by atoms with Gasteiger partial charge in [0, 0.05) is 7.05 Å². The summed E-state index contributed by atoms with van der Waals surface area (Å²) in [6, 6.07) is -0.00465. The van der Waals surface area contributed by atoms with Gasteiger partial charge in [0.1, 0.15) is 16.5 Å². The molecule has 15 heavy (non-hydrogen) atoms. The second-order valence-corrected chi connectivity index (χ2v) is 3.71. The van der Waals surface area contributed by atoms with Gasteiger partial charge < -0.3 is 15.7 Å². The second-order valence-electron chi connectivity index (χ2n) is 3.27. The highest BCUT2D eigenvalue weighted by molar-refractivity contribution is 7.80. The number of aliphatic hydroxyl groups excluding tert-OH is 1. The van der Waals surface area contributed by atoms with E-state index in [1.54, 1.807) is 6.20 Å². The molecule has 0 radical (unpaired) electrons. The molecule has 1 rings (SSSR count). The number of nitrogens with zero attached hydrogens (tertiary/aromatic N) is 3. The van der Waals surface area contributed by atoms with Gasteiger partial charge in [-0.3, -0.25) is 0 Å². The van der Waals surface area contributed by atoms with E-state index in [9.17, 15) is 0 Å². The number of anilines is 1. The highest BCUT2D eigenvalue weighted by Crippen LogP contribution is 2.09. The third-order valence-corrected chi connectivity index (χ3v) is 2.39. The van der Waals surface area contributed by atoms with E-state index in [0.717, 1.165) is 0 Å². The van der Waals surface area contributed by atoms with E-state index in [1.165, 1.54) is 6.20 Å². The normalized spacial score (nSPS) is 12.2. The van der Waals surface area contributed by atoms with Crippen LogP contribution in [-0.4, -0.2) is 39.8 Å². The zero-order valence-electron chi connectivity index (χ0n) is 8.71. The molecule has 0 saturated heterocycles. The largest absolute Gasteiger partial charge is 0.394 e. The first-order chi connectivity index (χ1) is 7.06. The van der Waals surface area contributed by atoms with E-state index >= 15 is 0 Å². The molecule has 1 atom stereocenters. The van der Waals surface area contributed by atoms with Crippen molar-refractivity contribution in [3.8, 4) is 0 Å². The minimum Gasteiger partial charge on any atom is -0.394 e. The zero-order valence-corrected chi connectivity index (χ0v) is 9.53. The number of rotatable bonds is 4. The molecule has 1 aromatic rings. The van der Waals surface area contributed by atoms with Crippen LogP contribution in [0, 0.1) is 0 Å². The predicted molar refractivity (Wildman–Crippen MR) is 62.9 cm³/mol. The molecule has 0 aliphatic heterocycles. The van der Waals surface area contributed by atoms with E-state index < -0.39 is 0 Å². The molecule has 0 fully saturated rings. The van der Waals surface area contributed by atoms with Crippen LogP contribution in [-0.2, 0) is 0 Å². The maximum absolute atomic E-state index is 8.98. The van der Waals surface area contributed by atoms with E-state index in [2.05, 4.69) is 9.97 Å². The summed E-state index contributed by atoms with van der Waals surface area (Å²) >= 11 is 4.77. The van der Waals surface area contributed by atoms with Crippen molar-refractivity contribution in [3.05, 3.63) is 18.1 Å². The summed E-state index contributed by atoms with van der Waals surface area (Å²) in [6.07, 6.45) is 3.11. The SMILES string of the molecule is CC(CO)N(C)c1cnc(C(N)=S)cn1. The van der Waals surface area contributed by atoms with Crippen LogP contribution in [0.15, 0.2) is 12.4 Å². The molecular weight excluding hydrogens is 212 g/mol. The summed E-state index contributed by atoms with van der Waals surface area (Å²) in [7, 11) is 1.84. The van der Waals surface area contributed by atoms with Gasteiger partial charge in [-0.25, -0.2) is 9.97 Å². The minimum absolute atomic E-state index is 0.00465. The molecule has 0 aliphatic rings. The van der Waals surface area contributed by atoms with Gasteiger partial charge in [-0.15, -0.1) is 0 Å². The Morgan fingerprint density at radius 1 is 1.60 bits per heavy atom. The van der Waals surface area contributed by atoms with Gasteiger partial charge in [0.25, 0.3) is 0 Å². The lowest BCUT2D eigenvalue weighted by molar-refractivity contribution is 0.269. The van der Waals surface area contributed by atoms with E-state index in [-0.39, 0.29) is 17.6 Å². The van der Waals surface area contributed by atoms with Crippen LogP contribution in [0.25, 0.3) is 0 Å². The van der Waals surface area contributed by atoms with Crippen molar-refractivity contribution in [2.24, 2.45) is 5.73 Å². The summed E-state index contributed by atoms with van der Waals surface area (Å²) in [5, 5.41) is 8.98. The Bertz CT molecular complexity index is 340. The Morgan fingerprint density at radius 3 is 2.67 bits per heavy atom. The van der Waals surface area contributed by atoms with E-state index in [0.29, 0.717) is 11.5 Å². The molecule has 5 nitrogen and oxygen atoms in total. The summed E-state index contributed by atoms with van der Waals surface area (Å²) in [6.45, 7) is 1.96. The monoisotopic (exact) mass is 226 g/mol. The standard InChI is InChI=1S/C9H14N4OS/c1-6(5-14)13(2)8-4-11-7(3-12-8)9(10)15/h3-4,6,14H,5H2,1-2H3,(H2,10,15).